The Morgan fingerprint density at radius 2 is 1.94 bits per heavy atom. The molecule has 1 atom stereocenters. The van der Waals surface area contributed by atoms with Gasteiger partial charge in [-0.3, -0.25) is 19.7 Å². The minimum absolute atomic E-state index is 0.0521. The van der Waals surface area contributed by atoms with E-state index in [0.717, 1.165) is 47.9 Å². The molecule has 6 rings (SSSR count). The number of halogens is 1. The van der Waals surface area contributed by atoms with Crippen LogP contribution in [0.3, 0.4) is 0 Å². The Labute approximate surface area is 202 Å². The first-order valence-corrected chi connectivity index (χ1v) is 12.0. The van der Waals surface area contributed by atoms with Crippen molar-refractivity contribution in [1.29, 1.82) is 0 Å². The fourth-order valence-electron chi connectivity index (χ4n) is 5.98. The largest absolute Gasteiger partial charge is 0.343 e. The molecule has 0 saturated heterocycles. The van der Waals surface area contributed by atoms with Crippen molar-refractivity contribution in [1.82, 2.24) is 15.2 Å². The molecule has 2 N–H and O–H groups in total. The molecule has 2 aromatic heterocycles. The molecule has 1 aromatic carbocycles. The van der Waals surface area contributed by atoms with Crippen LogP contribution in [0.25, 0.3) is 17.2 Å². The summed E-state index contributed by atoms with van der Waals surface area (Å²) in [5.74, 6) is 0.155. The topological polar surface area (TPSA) is 87.7 Å². The van der Waals surface area contributed by atoms with Gasteiger partial charge in [0.05, 0.1) is 5.69 Å². The van der Waals surface area contributed by atoms with Gasteiger partial charge in [-0.05, 0) is 54.5 Å². The average molecular weight is 469 g/mol. The molecule has 1 aliphatic heterocycles. The number of Topliss-reactive ketones (excluding diaryl/α,β-unsaturated/α-hetero) is 1. The van der Waals surface area contributed by atoms with Gasteiger partial charge in [0.2, 0.25) is 0 Å². The quantitative estimate of drug-likeness (QED) is 0.471. The van der Waals surface area contributed by atoms with Crippen molar-refractivity contribution in [2.24, 2.45) is 5.41 Å². The van der Waals surface area contributed by atoms with E-state index in [-0.39, 0.29) is 22.9 Å². The summed E-state index contributed by atoms with van der Waals surface area (Å²) < 4.78 is 13.6. The number of aromatic amines is 1. The van der Waals surface area contributed by atoms with Gasteiger partial charge in [0.25, 0.3) is 0 Å². The summed E-state index contributed by atoms with van der Waals surface area (Å²) in [5, 5.41) is 10.5. The Morgan fingerprint density at radius 1 is 1.09 bits per heavy atom. The molecule has 3 aromatic rings. The van der Waals surface area contributed by atoms with Crippen LogP contribution in [0.5, 0.6) is 0 Å². The van der Waals surface area contributed by atoms with E-state index in [0.29, 0.717) is 29.2 Å². The number of benzene rings is 1. The van der Waals surface area contributed by atoms with E-state index in [1.807, 2.05) is 30.4 Å². The summed E-state index contributed by atoms with van der Waals surface area (Å²) in [6.45, 7) is 0. The van der Waals surface area contributed by atoms with Crippen molar-refractivity contribution in [3.8, 4) is 11.1 Å². The predicted octanol–water partition coefficient (Wildman–Crippen LogP) is 5.82. The molecule has 0 bridgehead atoms. The lowest BCUT2D eigenvalue weighted by Gasteiger charge is -2.39. The fraction of sp³-hybridized carbons (Fsp3) is 0.286. The van der Waals surface area contributed by atoms with Crippen LogP contribution in [-0.2, 0) is 4.79 Å². The molecule has 1 fully saturated rings. The molecule has 35 heavy (non-hydrogen) atoms. The van der Waals surface area contributed by atoms with Crippen LogP contribution < -0.4 is 5.32 Å². The van der Waals surface area contributed by atoms with Gasteiger partial charge >= 0.3 is 0 Å². The van der Waals surface area contributed by atoms with E-state index in [2.05, 4.69) is 20.5 Å². The van der Waals surface area contributed by atoms with E-state index in [4.69, 9.17) is 0 Å². The Bertz CT molecular complexity index is 1380. The third kappa shape index (κ3) is 3.81. The van der Waals surface area contributed by atoms with Crippen molar-refractivity contribution < 1.29 is 14.0 Å². The zero-order chi connectivity index (χ0) is 24.0. The van der Waals surface area contributed by atoms with Crippen LogP contribution in [0, 0.1) is 11.2 Å². The van der Waals surface area contributed by atoms with Gasteiger partial charge in [0.15, 0.2) is 12.1 Å². The van der Waals surface area contributed by atoms with Crippen LogP contribution in [0.2, 0.25) is 0 Å². The number of carbonyl (C=O) groups is 2. The van der Waals surface area contributed by atoms with Gasteiger partial charge in [-0.25, -0.2) is 4.39 Å². The number of allylic oxidation sites excluding steroid dienone is 3. The second-order valence-corrected chi connectivity index (χ2v) is 9.84. The minimum atomic E-state index is -0.379. The Morgan fingerprint density at radius 3 is 2.69 bits per heavy atom. The summed E-state index contributed by atoms with van der Waals surface area (Å²) in [6, 6.07) is 10.2. The molecule has 7 heteroatoms. The second-order valence-electron chi connectivity index (χ2n) is 9.84. The number of nitrogens with one attached hydrogen (secondary N) is 2. The maximum absolute atomic E-state index is 13.6. The number of aldehydes is 1. The fourth-order valence-corrected chi connectivity index (χ4v) is 5.98. The van der Waals surface area contributed by atoms with E-state index in [1.54, 1.807) is 12.3 Å². The lowest BCUT2D eigenvalue weighted by Crippen LogP contribution is -2.34. The summed E-state index contributed by atoms with van der Waals surface area (Å²) >= 11 is 0. The third-order valence-corrected chi connectivity index (χ3v) is 7.62. The summed E-state index contributed by atoms with van der Waals surface area (Å²) in [7, 11) is 0. The Kier molecular flexibility index (Phi) is 5.20. The van der Waals surface area contributed by atoms with Crippen molar-refractivity contribution in [3.63, 3.8) is 0 Å². The number of anilines is 1. The molecular formula is C28H25FN4O2. The zero-order valence-electron chi connectivity index (χ0n) is 19.2. The monoisotopic (exact) mass is 468 g/mol. The number of pyridine rings is 1. The zero-order valence-corrected chi connectivity index (χ0v) is 19.2. The predicted molar refractivity (Wildman–Crippen MR) is 131 cm³/mol. The minimum Gasteiger partial charge on any atom is -0.343 e. The van der Waals surface area contributed by atoms with Crippen molar-refractivity contribution in [2.45, 2.75) is 44.4 Å². The highest BCUT2D eigenvalue weighted by molar-refractivity contribution is 6.02. The van der Waals surface area contributed by atoms with Gasteiger partial charge in [-0.1, -0.05) is 37.1 Å². The SMILES string of the molecule is O=Cc1n[nH]c2c1C(/C=C/c1ccc(-c3cccc(F)c3)cn1)C1=C(CC3(CCCC3)CC1=O)N2. The number of nitrogens with zero attached hydrogens (tertiary/aromatic N) is 2. The smallest absolute Gasteiger partial charge is 0.170 e. The Hall–Kier alpha value is -3.87. The van der Waals surface area contributed by atoms with E-state index < -0.39 is 0 Å². The molecule has 6 nitrogen and oxygen atoms in total. The van der Waals surface area contributed by atoms with E-state index >= 15 is 0 Å². The molecule has 176 valence electrons. The lowest BCUT2D eigenvalue weighted by atomic mass is 9.67. The normalized spacial score (nSPS) is 20.7. The summed E-state index contributed by atoms with van der Waals surface area (Å²) in [6.07, 6.45) is 12.1. The number of rotatable bonds is 4. The van der Waals surface area contributed by atoms with Crippen LogP contribution in [0.15, 0.2) is 59.9 Å². The third-order valence-electron chi connectivity index (χ3n) is 7.62. The molecule has 1 spiro atoms. The van der Waals surface area contributed by atoms with Crippen LogP contribution >= 0.6 is 0 Å². The standard InChI is InChI=1S/C28H25FN4O2/c29-19-5-3-4-17(12-19)18-6-7-20(30-15-18)8-9-21-25-22(31-27-26(21)23(16-34)32-33-27)13-28(14-24(25)35)10-1-2-11-28/h3-9,12,15-16,21H,1-2,10-11,13-14H2,(H2,31,32,33)/b9-8+. The number of H-pyrrole nitrogens is 1. The first-order chi connectivity index (χ1) is 17.0. The number of fused-ring (bicyclic) bond motifs is 1. The highest BCUT2D eigenvalue weighted by Crippen LogP contribution is 2.53. The molecule has 3 aliphatic rings. The van der Waals surface area contributed by atoms with E-state index in [9.17, 15) is 14.0 Å². The molecule has 1 saturated carbocycles. The highest BCUT2D eigenvalue weighted by Gasteiger charge is 2.45. The molecular weight excluding hydrogens is 443 g/mol. The first kappa shape index (κ1) is 21.6. The number of ketones is 1. The van der Waals surface area contributed by atoms with Gasteiger partial charge in [0.1, 0.15) is 17.3 Å². The summed E-state index contributed by atoms with van der Waals surface area (Å²) in [4.78, 5) is 29.7. The molecule has 3 heterocycles. The molecule has 1 unspecified atom stereocenters. The van der Waals surface area contributed by atoms with Crippen LogP contribution in [0.4, 0.5) is 10.2 Å². The van der Waals surface area contributed by atoms with Crippen molar-refractivity contribution >= 4 is 24.0 Å². The van der Waals surface area contributed by atoms with Crippen molar-refractivity contribution in [2.75, 3.05) is 5.32 Å². The number of carbonyl (C=O) groups excluding carboxylic acids is 2. The van der Waals surface area contributed by atoms with E-state index in [1.165, 1.54) is 25.0 Å². The maximum Gasteiger partial charge on any atom is 0.170 e. The average Bonchev–Trinajstić information content (AvgIpc) is 3.48. The maximum atomic E-state index is 13.6. The van der Waals surface area contributed by atoms with Gasteiger partial charge < -0.3 is 5.32 Å². The number of hydrogen-bond donors (Lipinski definition) is 2. The highest BCUT2D eigenvalue weighted by atomic mass is 19.1. The van der Waals surface area contributed by atoms with Gasteiger partial charge in [-0.2, -0.15) is 5.10 Å². The lowest BCUT2D eigenvalue weighted by molar-refractivity contribution is -0.118. The number of aromatic nitrogens is 3. The second kappa shape index (κ2) is 8.41. The van der Waals surface area contributed by atoms with Crippen molar-refractivity contribution in [3.05, 3.63) is 82.7 Å². The van der Waals surface area contributed by atoms with Crippen LogP contribution in [0.1, 0.15) is 66.2 Å². The molecule has 0 radical (unpaired) electrons. The number of hydrogen-bond acceptors (Lipinski definition) is 5. The van der Waals surface area contributed by atoms with Gasteiger partial charge in [0, 0.05) is 40.9 Å². The molecule has 2 aliphatic carbocycles. The Balaban J connectivity index is 1.35. The summed E-state index contributed by atoms with van der Waals surface area (Å²) in [5.41, 5.74) is 5.01. The van der Waals surface area contributed by atoms with Gasteiger partial charge in [-0.15, -0.1) is 0 Å². The molecule has 0 amide bonds. The first-order valence-electron chi connectivity index (χ1n) is 12.0. The van der Waals surface area contributed by atoms with Crippen LogP contribution in [-0.4, -0.2) is 27.3 Å².